The van der Waals surface area contributed by atoms with E-state index < -0.39 is 11.7 Å². The van der Waals surface area contributed by atoms with Crippen LogP contribution in [0.15, 0.2) is 24.3 Å². The summed E-state index contributed by atoms with van der Waals surface area (Å²) in [7, 11) is 0. The van der Waals surface area contributed by atoms with Crippen LogP contribution in [-0.2, 0) is 22.3 Å². The van der Waals surface area contributed by atoms with E-state index in [0.29, 0.717) is 18.9 Å². The van der Waals surface area contributed by atoms with Crippen LogP contribution in [0.2, 0.25) is 0 Å². The molecule has 2 aliphatic rings. The van der Waals surface area contributed by atoms with Crippen LogP contribution < -0.4 is 5.32 Å². The molecule has 1 aromatic heterocycles. The number of nitrogens with one attached hydrogen (secondary N) is 1. The molecule has 1 saturated carbocycles. The first-order valence-corrected chi connectivity index (χ1v) is 9.79. The number of halogens is 3. The molecule has 1 unspecified atom stereocenters. The first kappa shape index (κ1) is 19.9. The Morgan fingerprint density at radius 3 is 2.62 bits per heavy atom. The van der Waals surface area contributed by atoms with Crippen molar-refractivity contribution in [1.29, 1.82) is 0 Å². The number of carbonyl (C=O) groups is 1. The van der Waals surface area contributed by atoms with Crippen molar-refractivity contribution in [1.82, 2.24) is 15.1 Å². The second kappa shape index (κ2) is 7.16. The Morgan fingerprint density at radius 2 is 2.00 bits per heavy atom. The van der Waals surface area contributed by atoms with Gasteiger partial charge in [-0.05, 0) is 62.3 Å². The van der Waals surface area contributed by atoms with Gasteiger partial charge in [0, 0.05) is 31.4 Å². The molecule has 1 N–H and O–H groups in total. The third-order valence-electron chi connectivity index (χ3n) is 6.10. The van der Waals surface area contributed by atoms with E-state index in [9.17, 15) is 18.0 Å². The zero-order chi connectivity index (χ0) is 20.8. The molecular weight excluding hydrogens is 383 g/mol. The highest BCUT2D eigenvalue weighted by molar-refractivity contribution is 5.82. The topological polar surface area (TPSA) is 56.2 Å². The van der Waals surface area contributed by atoms with Crippen LogP contribution in [0, 0.1) is 25.2 Å². The molecule has 2 fully saturated rings. The van der Waals surface area contributed by atoms with Crippen molar-refractivity contribution < 1.29 is 22.7 Å². The van der Waals surface area contributed by atoms with Crippen LogP contribution >= 0.6 is 0 Å². The Bertz CT molecular complexity index is 930. The molecule has 1 saturated heterocycles. The highest BCUT2D eigenvalue weighted by Crippen LogP contribution is 2.59. The Labute approximate surface area is 167 Å². The summed E-state index contributed by atoms with van der Waals surface area (Å²) in [5, 5.41) is 6.97. The summed E-state index contributed by atoms with van der Waals surface area (Å²) >= 11 is 0. The number of aromatic nitrogens is 2. The van der Waals surface area contributed by atoms with Gasteiger partial charge in [0.25, 0.3) is 0 Å². The third-order valence-corrected chi connectivity index (χ3v) is 6.10. The van der Waals surface area contributed by atoms with Gasteiger partial charge in [-0.25, -0.2) is 4.68 Å². The first-order chi connectivity index (χ1) is 13.7. The SMILES string of the molecule is Cc1cc(C)n(-c2ccc(CNC(=O)C3CC34CCOCC4)c(C(F)(F)F)c2)n1. The lowest BCUT2D eigenvalue weighted by atomic mass is 9.93. The van der Waals surface area contributed by atoms with Crippen molar-refractivity contribution >= 4 is 5.91 Å². The monoisotopic (exact) mass is 407 g/mol. The van der Waals surface area contributed by atoms with Crippen molar-refractivity contribution in [3.8, 4) is 5.69 Å². The molecule has 8 heteroatoms. The number of ether oxygens (including phenoxy) is 1. The lowest BCUT2D eigenvalue weighted by Gasteiger charge is -2.22. The molecule has 1 spiro atoms. The van der Waals surface area contributed by atoms with Crippen molar-refractivity contribution in [2.75, 3.05) is 13.2 Å². The van der Waals surface area contributed by atoms with Crippen molar-refractivity contribution in [2.45, 2.75) is 45.8 Å². The number of carbonyl (C=O) groups excluding carboxylic acids is 1. The number of amides is 1. The molecule has 1 aliphatic carbocycles. The van der Waals surface area contributed by atoms with Gasteiger partial charge in [0.15, 0.2) is 0 Å². The molecule has 0 radical (unpaired) electrons. The average molecular weight is 407 g/mol. The minimum absolute atomic E-state index is 0.00543. The number of aryl methyl sites for hydroxylation is 2. The van der Waals surface area contributed by atoms with E-state index in [0.717, 1.165) is 36.7 Å². The van der Waals surface area contributed by atoms with Crippen LogP contribution in [0.1, 0.15) is 41.8 Å². The second-order valence-corrected chi connectivity index (χ2v) is 8.13. The molecule has 0 bridgehead atoms. The number of alkyl halides is 3. The molecule has 1 amide bonds. The average Bonchev–Trinajstić information content (AvgIpc) is 3.24. The molecule has 1 aromatic carbocycles. The smallest absolute Gasteiger partial charge is 0.381 e. The molecular formula is C21H24F3N3O2. The zero-order valence-electron chi connectivity index (χ0n) is 16.5. The van der Waals surface area contributed by atoms with Crippen LogP contribution in [-0.4, -0.2) is 28.9 Å². The van der Waals surface area contributed by atoms with Gasteiger partial charge in [-0.15, -0.1) is 0 Å². The predicted octanol–water partition coefficient (Wildman–Crippen LogP) is 3.94. The molecule has 2 aromatic rings. The maximum atomic E-state index is 13.7. The van der Waals surface area contributed by atoms with E-state index in [4.69, 9.17) is 4.74 Å². The summed E-state index contributed by atoms with van der Waals surface area (Å²) in [5.74, 6) is -0.280. The van der Waals surface area contributed by atoms with Crippen molar-refractivity contribution in [3.63, 3.8) is 0 Å². The Hall–Kier alpha value is -2.35. The van der Waals surface area contributed by atoms with Crippen molar-refractivity contribution in [3.05, 3.63) is 46.8 Å². The van der Waals surface area contributed by atoms with Gasteiger partial charge >= 0.3 is 6.18 Å². The molecule has 5 nitrogen and oxygen atoms in total. The fourth-order valence-corrected chi connectivity index (χ4v) is 4.36. The zero-order valence-corrected chi connectivity index (χ0v) is 16.5. The van der Waals surface area contributed by atoms with Crippen molar-refractivity contribution in [2.24, 2.45) is 11.3 Å². The van der Waals surface area contributed by atoms with E-state index in [-0.39, 0.29) is 29.3 Å². The Morgan fingerprint density at radius 1 is 1.28 bits per heavy atom. The van der Waals surface area contributed by atoms with Gasteiger partial charge in [-0.2, -0.15) is 18.3 Å². The maximum Gasteiger partial charge on any atom is 0.416 e. The third kappa shape index (κ3) is 3.90. The highest BCUT2D eigenvalue weighted by atomic mass is 19.4. The van der Waals surface area contributed by atoms with E-state index in [2.05, 4.69) is 10.4 Å². The number of hydrogen-bond donors (Lipinski definition) is 1. The van der Waals surface area contributed by atoms with Gasteiger partial charge in [-0.1, -0.05) is 6.07 Å². The van der Waals surface area contributed by atoms with Gasteiger partial charge in [0.1, 0.15) is 0 Å². The Balaban J connectivity index is 1.51. The van der Waals surface area contributed by atoms with Gasteiger partial charge in [-0.3, -0.25) is 4.79 Å². The maximum absolute atomic E-state index is 13.7. The number of hydrogen-bond acceptors (Lipinski definition) is 3. The lowest BCUT2D eigenvalue weighted by Crippen LogP contribution is -2.30. The molecule has 156 valence electrons. The molecule has 29 heavy (non-hydrogen) atoms. The standard InChI is InChI=1S/C21H24F3N3O2/c1-13-9-14(2)27(26-13)16-4-3-15(17(10-16)21(22,23)24)12-25-19(28)18-11-20(18)5-7-29-8-6-20/h3-4,9-10,18H,5-8,11-12H2,1-2H3,(H,25,28). The molecule has 4 rings (SSSR count). The fourth-order valence-electron chi connectivity index (χ4n) is 4.36. The molecule has 1 atom stereocenters. The summed E-state index contributed by atoms with van der Waals surface area (Å²) in [6.07, 6.45) is -2.04. The van der Waals surface area contributed by atoms with Crippen LogP contribution in [0.5, 0.6) is 0 Å². The van der Waals surface area contributed by atoms with Crippen LogP contribution in [0.25, 0.3) is 5.69 Å². The molecule has 1 aliphatic heterocycles. The molecule has 2 heterocycles. The second-order valence-electron chi connectivity index (χ2n) is 8.13. The number of nitrogens with zero attached hydrogens (tertiary/aromatic N) is 2. The summed E-state index contributed by atoms with van der Waals surface area (Å²) in [6, 6.07) is 5.93. The van der Waals surface area contributed by atoms with E-state index in [1.807, 2.05) is 6.07 Å². The largest absolute Gasteiger partial charge is 0.416 e. The summed E-state index contributed by atoms with van der Waals surface area (Å²) in [6.45, 7) is 4.74. The summed E-state index contributed by atoms with van der Waals surface area (Å²) in [5.41, 5.74) is 1.14. The summed E-state index contributed by atoms with van der Waals surface area (Å²) < 4.78 is 47.9. The van der Waals surface area contributed by atoms with E-state index in [1.165, 1.54) is 10.7 Å². The van der Waals surface area contributed by atoms with E-state index in [1.54, 1.807) is 19.9 Å². The predicted molar refractivity (Wildman–Crippen MR) is 100 cm³/mol. The van der Waals surface area contributed by atoms with E-state index >= 15 is 0 Å². The lowest BCUT2D eigenvalue weighted by molar-refractivity contribution is -0.138. The number of rotatable bonds is 4. The van der Waals surface area contributed by atoms with Crippen LogP contribution in [0.4, 0.5) is 13.2 Å². The summed E-state index contributed by atoms with van der Waals surface area (Å²) in [4.78, 5) is 12.5. The normalized spacial score (nSPS) is 20.7. The van der Waals surface area contributed by atoms with Crippen LogP contribution in [0.3, 0.4) is 0 Å². The first-order valence-electron chi connectivity index (χ1n) is 9.79. The Kier molecular flexibility index (Phi) is 4.93. The minimum Gasteiger partial charge on any atom is -0.381 e. The number of benzene rings is 1. The highest BCUT2D eigenvalue weighted by Gasteiger charge is 2.57. The quantitative estimate of drug-likeness (QED) is 0.835. The van der Waals surface area contributed by atoms with Gasteiger partial charge in [0.2, 0.25) is 5.91 Å². The minimum atomic E-state index is -4.52. The van der Waals surface area contributed by atoms with Gasteiger partial charge < -0.3 is 10.1 Å². The fraction of sp³-hybridized carbons (Fsp3) is 0.524. The van der Waals surface area contributed by atoms with Gasteiger partial charge in [0.05, 0.1) is 16.9 Å².